The van der Waals surface area contributed by atoms with Crippen LogP contribution in [0.5, 0.6) is 5.75 Å². The number of carbonyl (C=O) groups is 2. The first kappa shape index (κ1) is 22.3. The van der Waals surface area contributed by atoms with Gasteiger partial charge in [0.05, 0.1) is 17.7 Å². The zero-order valence-electron chi connectivity index (χ0n) is 18.9. The Morgan fingerprint density at radius 3 is 2.36 bits per heavy atom. The number of benzene rings is 2. The summed E-state index contributed by atoms with van der Waals surface area (Å²) >= 11 is 0. The summed E-state index contributed by atoms with van der Waals surface area (Å²) < 4.78 is 5.66. The number of rotatable bonds is 6. The monoisotopic (exact) mass is 442 g/mol. The third-order valence-electron chi connectivity index (χ3n) is 5.51. The number of ketones is 1. The highest BCUT2D eigenvalue weighted by Gasteiger charge is 2.46. The Labute approximate surface area is 193 Å². The van der Waals surface area contributed by atoms with Crippen molar-refractivity contribution in [2.75, 3.05) is 0 Å². The molecule has 0 spiro atoms. The molecule has 6 nitrogen and oxygen atoms in total. The van der Waals surface area contributed by atoms with Crippen molar-refractivity contribution in [1.29, 1.82) is 0 Å². The highest BCUT2D eigenvalue weighted by molar-refractivity contribution is 6.46. The first-order valence-corrected chi connectivity index (χ1v) is 10.9. The van der Waals surface area contributed by atoms with Crippen LogP contribution < -0.4 is 4.74 Å². The van der Waals surface area contributed by atoms with Crippen molar-refractivity contribution in [2.45, 2.75) is 39.5 Å². The predicted molar refractivity (Wildman–Crippen MR) is 125 cm³/mol. The van der Waals surface area contributed by atoms with E-state index in [1.807, 2.05) is 51.1 Å². The maximum Gasteiger partial charge on any atom is 0.295 e. The van der Waals surface area contributed by atoms with Crippen LogP contribution >= 0.6 is 0 Å². The molecule has 4 rings (SSSR count). The van der Waals surface area contributed by atoms with Gasteiger partial charge in [-0.3, -0.25) is 14.6 Å². The lowest BCUT2D eigenvalue weighted by atomic mass is 9.94. The van der Waals surface area contributed by atoms with E-state index in [9.17, 15) is 14.7 Å². The van der Waals surface area contributed by atoms with Crippen LogP contribution in [0.1, 0.15) is 42.1 Å². The van der Waals surface area contributed by atoms with Gasteiger partial charge in [-0.15, -0.1) is 0 Å². The van der Waals surface area contributed by atoms with E-state index >= 15 is 0 Å². The number of hydrogen-bond acceptors (Lipinski definition) is 5. The Morgan fingerprint density at radius 1 is 1.06 bits per heavy atom. The zero-order chi connectivity index (χ0) is 23.5. The molecule has 1 aliphatic heterocycles. The van der Waals surface area contributed by atoms with Crippen LogP contribution in [0.2, 0.25) is 0 Å². The number of ether oxygens (including phenoxy) is 1. The van der Waals surface area contributed by atoms with Crippen molar-refractivity contribution >= 4 is 17.4 Å². The first-order chi connectivity index (χ1) is 15.8. The van der Waals surface area contributed by atoms with Crippen molar-refractivity contribution in [1.82, 2.24) is 9.88 Å². The molecule has 1 fully saturated rings. The third kappa shape index (κ3) is 4.65. The molecule has 3 aromatic rings. The number of hydrogen-bond donors (Lipinski definition) is 1. The highest BCUT2D eigenvalue weighted by Crippen LogP contribution is 2.40. The third-order valence-corrected chi connectivity index (χ3v) is 5.51. The van der Waals surface area contributed by atoms with Crippen molar-refractivity contribution < 1.29 is 19.4 Å². The fourth-order valence-electron chi connectivity index (χ4n) is 3.95. The molecule has 1 aromatic heterocycles. The molecule has 1 unspecified atom stereocenters. The second-order valence-electron chi connectivity index (χ2n) is 8.39. The average Bonchev–Trinajstić information content (AvgIpc) is 3.05. The molecule has 1 aliphatic rings. The Balaban J connectivity index is 1.79. The van der Waals surface area contributed by atoms with E-state index in [0.717, 1.165) is 16.7 Å². The van der Waals surface area contributed by atoms with Crippen molar-refractivity contribution in [3.05, 3.63) is 101 Å². The van der Waals surface area contributed by atoms with E-state index in [1.165, 1.54) is 4.90 Å². The van der Waals surface area contributed by atoms with Crippen LogP contribution in [0.3, 0.4) is 0 Å². The summed E-state index contributed by atoms with van der Waals surface area (Å²) in [5.41, 5.74) is 3.13. The molecule has 1 amide bonds. The molecule has 2 heterocycles. The summed E-state index contributed by atoms with van der Waals surface area (Å²) in [4.78, 5) is 31.8. The number of nitrogens with zero attached hydrogens (tertiary/aromatic N) is 2. The average molecular weight is 443 g/mol. The molecule has 0 aliphatic carbocycles. The van der Waals surface area contributed by atoms with Crippen molar-refractivity contribution in [3.8, 4) is 5.75 Å². The van der Waals surface area contributed by atoms with Gasteiger partial charge in [0.25, 0.3) is 11.7 Å². The number of aromatic nitrogens is 1. The number of carbonyl (C=O) groups excluding carboxylic acids is 2. The van der Waals surface area contributed by atoms with Gasteiger partial charge in [0, 0.05) is 24.5 Å². The van der Waals surface area contributed by atoms with Gasteiger partial charge in [-0.25, -0.2) is 0 Å². The molecule has 33 heavy (non-hydrogen) atoms. The van der Waals surface area contributed by atoms with Crippen molar-refractivity contribution in [3.63, 3.8) is 0 Å². The number of amides is 1. The normalized spacial score (nSPS) is 17.6. The van der Waals surface area contributed by atoms with Gasteiger partial charge in [0.2, 0.25) is 0 Å². The Morgan fingerprint density at radius 2 is 1.76 bits per heavy atom. The fourth-order valence-corrected chi connectivity index (χ4v) is 3.95. The Hall–Kier alpha value is -3.93. The van der Waals surface area contributed by atoms with Crippen LogP contribution in [0.4, 0.5) is 0 Å². The lowest BCUT2D eigenvalue weighted by Crippen LogP contribution is -2.29. The maximum atomic E-state index is 13.1. The predicted octanol–water partition coefficient (Wildman–Crippen LogP) is 4.80. The molecule has 168 valence electrons. The summed E-state index contributed by atoms with van der Waals surface area (Å²) in [5, 5.41) is 11.2. The smallest absolute Gasteiger partial charge is 0.295 e. The topological polar surface area (TPSA) is 79.7 Å². The van der Waals surface area contributed by atoms with Gasteiger partial charge in [-0.05, 0) is 62.2 Å². The first-order valence-electron chi connectivity index (χ1n) is 10.9. The molecule has 1 atom stereocenters. The zero-order valence-corrected chi connectivity index (χ0v) is 18.9. The van der Waals surface area contributed by atoms with Crippen LogP contribution in [0.15, 0.2) is 78.6 Å². The Bertz CT molecular complexity index is 1180. The standard InChI is InChI=1S/C27H26N2O4/c1-17(2)33-22-12-10-21(11-13-22)25(30)23-24(20-8-6-18(3)7-9-20)29(27(32)26(23)31)16-19-5-4-14-28-15-19/h4-15,17,24,30H,16H2,1-3H3/b25-23-. The maximum absolute atomic E-state index is 13.1. The largest absolute Gasteiger partial charge is 0.507 e. The molecule has 1 N–H and O–H groups in total. The van der Waals surface area contributed by atoms with E-state index in [4.69, 9.17) is 4.74 Å². The van der Waals surface area contributed by atoms with E-state index < -0.39 is 17.7 Å². The second-order valence-corrected chi connectivity index (χ2v) is 8.39. The number of likely N-dealkylation sites (tertiary alicyclic amines) is 1. The van der Waals surface area contributed by atoms with Gasteiger partial charge in [-0.1, -0.05) is 35.9 Å². The SMILES string of the molecule is Cc1ccc(C2/C(=C(/O)c3ccc(OC(C)C)cc3)C(=O)C(=O)N2Cc2cccnc2)cc1. The van der Waals surface area contributed by atoms with Gasteiger partial charge in [0.1, 0.15) is 11.5 Å². The van der Waals surface area contributed by atoms with E-state index in [0.29, 0.717) is 11.3 Å². The van der Waals surface area contributed by atoms with Crippen LogP contribution in [0, 0.1) is 6.92 Å². The minimum absolute atomic E-state index is 0.0174. The quantitative estimate of drug-likeness (QED) is 0.337. The minimum atomic E-state index is -0.711. The fraction of sp³-hybridized carbons (Fsp3) is 0.222. The molecule has 1 saturated heterocycles. The molecule has 0 saturated carbocycles. The molecular weight excluding hydrogens is 416 g/mol. The van der Waals surface area contributed by atoms with Gasteiger partial charge >= 0.3 is 0 Å². The number of aliphatic hydroxyl groups is 1. The summed E-state index contributed by atoms with van der Waals surface area (Å²) in [6, 6.07) is 17.4. The second kappa shape index (κ2) is 9.28. The van der Waals surface area contributed by atoms with Gasteiger partial charge in [0.15, 0.2) is 0 Å². The molecule has 0 radical (unpaired) electrons. The lowest BCUT2D eigenvalue weighted by molar-refractivity contribution is -0.140. The number of aliphatic hydroxyl groups excluding tert-OH is 1. The van der Waals surface area contributed by atoms with Crippen LogP contribution in [-0.4, -0.2) is 32.8 Å². The lowest BCUT2D eigenvalue weighted by Gasteiger charge is -2.25. The molecule has 2 aromatic carbocycles. The van der Waals surface area contributed by atoms with Gasteiger partial charge < -0.3 is 14.7 Å². The van der Waals surface area contributed by atoms with Crippen LogP contribution in [-0.2, 0) is 16.1 Å². The summed E-state index contributed by atoms with van der Waals surface area (Å²) in [7, 11) is 0. The van der Waals surface area contributed by atoms with Gasteiger partial charge in [-0.2, -0.15) is 0 Å². The summed E-state index contributed by atoms with van der Waals surface area (Å²) in [6.45, 7) is 6.03. The van der Waals surface area contributed by atoms with Crippen molar-refractivity contribution in [2.24, 2.45) is 0 Å². The summed E-state index contributed by atoms with van der Waals surface area (Å²) in [6.07, 6.45) is 3.34. The number of Topliss-reactive ketones (excluding diaryl/α,β-unsaturated/α-hetero) is 1. The highest BCUT2D eigenvalue weighted by atomic mass is 16.5. The Kier molecular flexibility index (Phi) is 6.27. The number of aryl methyl sites for hydroxylation is 1. The number of pyridine rings is 1. The van der Waals surface area contributed by atoms with E-state index in [2.05, 4.69) is 4.98 Å². The summed E-state index contributed by atoms with van der Waals surface area (Å²) in [5.74, 6) is -0.896. The van der Waals surface area contributed by atoms with Crippen LogP contribution in [0.25, 0.3) is 5.76 Å². The minimum Gasteiger partial charge on any atom is -0.507 e. The molecular formula is C27H26N2O4. The molecule has 6 heteroatoms. The van der Waals surface area contributed by atoms with E-state index in [1.54, 1.807) is 42.7 Å². The molecule has 0 bridgehead atoms. The van der Waals surface area contributed by atoms with E-state index in [-0.39, 0.29) is 24.0 Å².